The number of hydrogen-bond donors (Lipinski definition) is 0. The van der Waals surface area contributed by atoms with E-state index in [0.717, 1.165) is 10.6 Å². The second kappa shape index (κ2) is 4.75. The summed E-state index contributed by atoms with van der Waals surface area (Å²) in [6.07, 6.45) is 1.09. The lowest BCUT2D eigenvalue weighted by Gasteiger charge is -2.19. The predicted molar refractivity (Wildman–Crippen MR) is 66.2 cm³/mol. The summed E-state index contributed by atoms with van der Waals surface area (Å²) in [5.74, 6) is 0.277. The molecular weight excluding hydrogens is 242 g/mol. The van der Waals surface area contributed by atoms with Crippen molar-refractivity contribution in [1.29, 1.82) is 0 Å². The van der Waals surface area contributed by atoms with Crippen LogP contribution >= 0.6 is 0 Å². The van der Waals surface area contributed by atoms with Crippen LogP contribution in [0, 0.1) is 0 Å². The third-order valence-corrected chi connectivity index (χ3v) is 3.61. The van der Waals surface area contributed by atoms with Gasteiger partial charge in [-0.15, -0.1) is 0 Å². The lowest BCUT2D eigenvalue weighted by molar-refractivity contribution is 0.101. The van der Waals surface area contributed by atoms with Gasteiger partial charge in [0, 0.05) is 12.6 Å². The van der Waals surface area contributed by atoms with E-state index in [-0.39, 0.29) is 5.78 Å². The van der Waals surface area contributed by atoms with Crippen LogP contribution < -0.4 is 9.04 Å². The fourth-order valence-corrected chi connectivity index (χ4v) is 1.83. The smallest absolute Gasteiger partial charge is 0.232 e. The van der Waals surface area contributed by atoms with E-state index in [1.165, 1.54) is 27.1 Å². The molecule has 1 aromatic rings. The summed E-state index contributed by atoms with van der Waals surface area (Å²) in [4.78, 5) is 11.3. The Hall–Kier alpha value is -1.56. The maximum Gasteiger partial charge on any atom is 0.232 e. The highest BCUT2D eigenvalue weighted by Gasteiger charge is 2.17. The molecule has 0 aliphatic heterocycles. The van der Waals surface area contributed by atoms with Crippen LogP contribution in [0.1, 0.15) is 17.3 Å². The van der Waals surface area contributed by atoms with Gasteiger partial charge in [-0.1, -0.05) is 0 Å². The number of hydrogen-bond acceptors (Lipinski definition) is 4. The average molecular weight is 257 g/mol. The highest BCUT2D eigenvalue weighted by atomic mass is 32.2. The number of carbonyl (C=O) groups excluding carboxylic acids is 1. The fourth-order valence-electron chi connectivity index (χ4n) is 1.33. The van der Waals surface area contributed by atoms with Crippen LogP contribution in [0.4, 0.5) is 5.69 Å². The van der Waals surface area contributed by atoms with Gasteiger partial charge in [0.1, 0.15) is 5.75 Å². The first-order chi connectivity index (χ1) is 7.77. The van der Waals surface area contributed by atoms with E-state index in [1.54, 1.807) is 12.1 Å². The Kier molecular flexibility index (Phi) is 3.77. The number of methoxy groups -OCH3 is 1. The topological polar surface area (TPSA) is 63.7 Å². The van der Waals surface area contributed by atoms with Gasteiger partial charge in [0.2, 0.25) is 10.0 Å². The number of sulfonamides is 1. The molecule has 17 heavy (non-hydrogen) atoms. The average Bonchev–Trinajstić information content (AvgIpc) is 2.25. The van der Waals surface area contributed by atoms with Gasteiger partial charge in [-0.3, -0.25) is 9.10 Å². The lowest BCUT2D eigenvalue weighted by Crippen LogP contribution is -2.25. The van der Waals surface area contributed by atoms with Crippen molar-refractivity contribution in [2.75, 3.05) is 24.7 Å². The van der Waals surface area contributed by atoms with Crippen LogP contribution in [0.25, 0.3) is 0 Å². The number of carbonyl (C=O) groups is 1. The SMILES string of the molecule is COc1ccc(C(C)=O)cc1N(C)S(C)(=O)=O. The van der Waals surface area contributed by atoms with Crippen molar-refractivity contribution in [2.24, 2.45) is 0 Å². The lowest BCUT2D eigenvalue weighted by atomic mass is 10.1. The summed E-state index contributed by atoms with van der Waals surface area (Å²) in [5, 5.41) is 0. The standard InChI is InChI=1S/C11H15NO4S/c1-8(13)9-5-6-11(16-3)10(7-9)12(2)17(4,14)15/h5-7H,1-4H3. The van der Waals surface area contributed by atoms with Crippen LogP contribution in [0.2, 0.25) is 0 Å². The number of rotatable bonds is 4. The minimum atomic E-state index is -3.39. The monoisotopic (exact) mass is 257 g/mol. The normalized spacial score (nSPS) is 11.1. The van der Waals surface area contributed by atoms with E-state index in [1.807, 2.05) is 0 Å². The van der Waals surface area contributed by atoms with Crippen LogP contribution in [0.15, 0.2) is 18.2 Å². The number of ketones is 1. The van der Waals surface area contributed by atoms with E-state index in [4.69, 9.17) is 4.74 Å². The molecule has 0 aromatic heterocycles. The zero-order chi connectivity index (χ0) is 13.2. The third-order valence-electron chi connectivity index (χ3n) is 2.42. The molecule has 0 radical (unpaired) electrons. The summed E-state index contributed by atoms with van der Waals surface area (Å²) >= 11 is 0. The number of Topliss-reactive ketones (excluding diaryl/α,β-unsaturated/α-hetero) is 1. The van der Waals surface area contributed by atoms with Gasteiger partial charge >= 0.3 is 0 Å². The van der Waals surface area contributed by atoms with E-state index in [2.05, 4.69) is 0 Å². The molecule has 0 aliphatic rings. The van der Waals surface area contributed by atoms with Gasteiger partial charge in [-0.25, -0.2) is 8.42 Å². The molecule has 0 saturated carbocycles. The largest absolute Gasteiger partial charge is 0.495 e. The Labute approximate surface area is 101 Å². The summed E-state index contributed by atoms with van der Waals surface area (Å²) in [7, 11) is -0.528. The summed E-state index contributed by atoms with van der Waals surface area (Å²) in [6.45, 7) is 1.42. The molecule has 1 aromatic carbocycles. The summed E-state index contributed by atoms with van der Waals surface area (Å²) in [5.41, 5.74) is 0.791. The number of nitrogens with zero attached hydrogens (tertiary/aromatic N) is 1. The Balaban J connectivity index is 3.38. The molecule has 0 bridgehead atoms. The number of benzene rings is 1. The Morgan fingerprint density at radius 3 is 2.35 bits per heavy atom. The number of anilines is 1. The predicted octanol–water partition coefficient (Wildman–Crippen LogP) is 1.29. The Bertz CT molecular complexity index is 536. The zero-order valence-corrected chi connectivity index (χ0v) is 11.0. The maximum absolute atomic E-state index is 11.5. The maximum atomic E-state index is 11.5. The first-order valence-corrected chi connectivity index (χ1v) is 6.75. The summed E-state index contributed by atoms with van der Waals surface area (Å²) < 4.78 is 29.1. The second-order valence-electron chi connectivity index (χ2n) is 3.67. The molecule has 6 heteroatoms. The second-order valence-corrected chi connectivity index (χ2v) is 5.69. The van der Waals surface area contributed by atoms with Gasteiger partial charge in [-0.2, -0.15) is 0 Å². The summed E-state index contributed by atoms with van der Waals surface area (Å²) in [6, 6.07) is 4.68. The Morgan fingerprint density at radius 2 is 1.94 bits per heavy atom. The first kappa shape index (κ1) is 13.5. The fraction of sp³-hybridized carbons (Fsp3) is 0.364. The van der Waals surface area contributed by atoms with Crippen LogP contribution in [0.5, 0.6) is 5.75 Å². The van der Waals surface area contributed by atoms with Gasteiger partial charge in [0.15, 0.2) is 5.78 Å². The molecule has 0 unspecified atom stereocenters. The molecule has 0 amide bonds. The highest BCUT2D eigenvalue weighted by molar-refractivity contribution is 7.92. The van der Waals surface area contributed by atoms with Gasteiger partial charge in [-0.05, 0) is 25.1 Å². The molecule has 0 N–H and O–H groups in total. The molecule has 1 rings (SSSR count). The van der Waals surface area contributed by atoms with Crippen LogP contribution in [-0.4, -0.2) is 34.6 Å². The van der Waals surface area contributed by atoms with Crippen molar-refractivity contribution in [3.05, 3.63) is 23.8 Å². The van der Waals surface area contributed by atoms with Crippen molar-refractivity contribution in [1.82, 2.24) is 0 Å². The van der Waals surface area contributed by atoms with Crippen molar-refractivity contribution in [2.45, 2.75) is 6.92 Å². The van der Waals surface area contributed by atoms with Crippen LogP contribution in [-0.2, 0) is 10.0 Å². The minimum Gasteiger partial charge on any atom is -0.495 e. The van der Waals surface area contributed by atoms with Crippen molar-refractivity contribution < 1.29 is 17.9 Å². The molecule has 0 aliphatic carbocycles. The van der Waals surface area contributed by atoms with Crippen molar-refractivity contribution >= 4 is 21.5 Å². The molecule has 0 fully saturated rings. The van der Waals surface area contributed by atoms with Gasteiger partial charge in [0.05, 0.1) is 19.1 Å². The molecule has 0 spiro atoms. The van der Waals surface area contributed by atoms with Gasteiger partial charge in [0.25, 0.3) is 0 Å². The molecule has 94 valence electrons. The van der Waals surface area contributed by atoms with E-state index in [9.17, 15) is 13.2 Å². The van der Waals surface area contributed by atoms with E-state index in [0.29, 0.717) is 17.0 Å². The third kappa shape index (κ3) is 2.97. The zero-order valence-electron chi connectivity index (χ0n) is 10.2. The minimum absolute atomic E-state index is 0.129. The quantitative estimate of drug-likeness (QED) is 0.762. The van der Waals surface area contributed by atoms with E-state index < -0.39 is 10.0 Å². The van der Waals surface area contributed by atoms with Gasteiger partial charge < -0.3 is 4.74 Å². The van der Waals surface area contributed by atoms with Crippen molar-refractivity contribution in [3.63, 3.8) is 0 Å². The molecular formula is C11H15NO4S. The molecule has 0 heterocycles. The van der Waals surface area contributed by atoms with Crippen LogP contribution in [0.3, 0.4) is 0 Å². The Morgan fingerprint density at radius 1 is 1.35 bits per heavy atom. The first-order valence-electron chi connectivity index (χ1n) is 4.90. The molecule has 0 saturated heterocycles. The highest BCUT2D eigenvalue weighted by Crippen LogP contribution is 2.30. The number of ether oxygens (including phenoxy) is 1. The van der Waals surface area contributed by atoms with E-state index >= 15 is 0 Å². The molecule has 0 atom stereocenters. The molecule has 5 nitrogen and oxygen atoms in total. The van der Waals surface area contributed by atoms with Crippen molar-refractivity contribution in [3.8, 4) is 5.75 Å².